The van der Waals surface area contributed by atoms with Crippen LogP contribution in [0.15, 0.2) is 24.3 Å². The molecule has 1 aliphatic carbocycles. The van der Waals surface area contributed by atoms with Crippen LogP contribution in [-0.4, -0.2) is 54.4 Å². The van der Waals surface area contributed by atoms with Crippen molar-refractivity contribution in [2.75, 3.05) is 13.7 Å². The lowest BCUT2D eigenvalue weighted by molar-refractivity contribution is -0.138. The molecule has 2 aliphatic rings. The lowest BCUT2D eigenvalue weighted by atomic mass is 9.90. The monoisotopic (exact) mass is 457 g/mol. The Morgan fingerprint density at radius 2 is 1.61 bits per heavy atom. The fraction of sp³-hybridized carbons (Fsp3) is 0.654. The minimum atomic E-state index is -0.323. The van der Waals surface area contributed by atoms with Crippen LogP contribution in [0.5, 0.6) is 5.75 Å². The smallest absolute Gasteiger partial charge is 0.251 e. The molecular weight excluding hydrogens is 418 g/mol. The Morgan fingerprint density at radius 1 is 0.939 bits per heavy atom. The maximum atomic E-state index is 12.9. The van der Waals surface area contributed by atoms with E-state index in [1.807, 2.05) is 0 Å². The molecule has 3 amide bonds. The van der Waals surface area contributed by atoms with Gasteiger partial charge in [-0.3, -0.25) is 14.4 Å². The van der Waals surface area contributed by atoms with Gasteiger partial charge in [0.1, 0.15) is 11.8 Å². The lowest BCUT2D eigenvalue weighted by Gasteiger charge is -2.31. The summed E-state index contributed by atoms with van der Waals surface area (Å²) in [5, 5.41) is 6.29. The molecule has 0 spiro atoms. The first kappa shape index (κ1) is 25.1. The number of nitrogens with one attached hydrogen (secondary N) is 2. The van der Waals surface area contributed by atoms with E-state index in [2.05, 4.69) is 17.6 Å². The summed E-state index contributed by atoms with van der Waals surface area (Å²) in [4.78, 5) is 39.8. The molecule has 1 atom stereocenters. The Kier molecular flexibility index (Phi) is 9.58. The summed E-state index contributed by atoms with van der Waals surface area (Å²) < 4.78 is 5.14. The van der Waals surface area contributed by atoms with E-state index in [0.29, 0.717) is 18.5 Å². The highest BCUT2D eigenvalue weighted by molar-refractivity contribution is 5.94. The molecule has 1 saturated carbocycles. The number of hydrogen-bond acceptors (Lipinski definition) is 4. The molecule has 0 unspecified atom stereocenters. The minimum absolute atomic E-state index is 0.0138. The van der Waals surface area contributed by atoms with Gasteiger partial charge < -0.3 is 20.3 Å². The summed E-state index contributed by atoms with van der Waals surface area (Å²) in [7, 11) is 1.60. The van der Waals surface area contributed by atoms with E-state index in [4.69, 9.17) is 4.74 Å². The molecule has 182 valence electrons. The second-order valence-electron chi connectivity index (χ2n) is 9.31. The summed E-state index contributed by atoms with van der Waals surface area (Å²) in [6.07, 6.45) is 9.79. The van der Waals surface area contributed by atoms with Crippen LogP contribution in [0.2, 0.25) is 0 Å². The third kappa shape index (κ3) is 7.21. The van der Waals surface area contributed by atoms with Gasteiger partial charge in [0.25, 0.3) is 5.91 Å². The van der Waals surface area contributed by atoms with Crippen molar-refractivity contribution in [2.45, 2.75) is 95.7 Å². The zero-order valence-corrected chi connectivity index (χ0v) is 20.1. The van der Waals surface area contributed by atoms with Gasteiger partial charge in [0.05, 0.1) is 7.11 Å². The van der Waals surface area contributed by atoms with Crippen molar-refractivity contribution in [3.63, 3.8) is 0 Å². The van der Waals surface area contributed by atoms with Crippen LogP contribution in [0, 0.1) is 0 Å². The molecule has 1 aromatic carbocycles. The first-order chi connectivity index (χ1) is 16.0. The predicted octanol–water partition coefficient (Wildman–Crippen LogP) is 3.81. The number of rotatable bonds is 10. The number of benzene rings is 1. The van der Waals surface area contributed by atoms with Crippen molar-refractivity contribution in [3.05, 3.63) is 29.8 Å². The molecular formula is C26H39N3O4. The SMILES string of the molecule is CCCCCCC(=O)N1CCC[C@H]1C(=O)NC1CCC(NC(=O)c2ccc(OC)cc2)CC1. The molecule has 1 saturated heterocycles. The number of carbonyl (C=O) groups excluding carboxylic acids is 3. The van der Waals surface area contributed by atoms with Gasteiger partial charge in [-0.25, -0.2) is 0 Å². The van der Waals surface area contributed by atoms with Crippen molar-refractivity contribution < 1.29 is 19.1 Å². The maximum Gasteiger partial charge on any atom is 0.251 e. The zero-order chi connectivity index (χ0) is 23.6. The molecule has 0 aromatic heterocycles. The molecule has 1 heterocycles. The number of likely N-dealkylation sites (tertiary alicyclic amines) is 1. The average Bonchev–Trinajstić information content (AvgIpc) is 3.33. The normalized spacial score (nSPS) is 22.6. The fourth-order valence-electron chi connectivity index (χ4n) is 4.87. The van der Waals surface area contributed by atoms with Crippen molar-refractivity contribution >= 4 is 17.7 Å². The van der Waals surface area contributed by atoms with Gasteiger partial charge in [0.2, 0.25) is 11.8 Å². The van der Waals surface area contributed by atoms with Gasteiger partial charge in [-0.15, -0.1) is 0 Å². The third-order valence-corrected chi connectivity index (χ3v) is 6.88. The minimum Gasteiger partial charge on any atom is -0.497 e. The van der Waals surface area contributed by atoms with Crippen molar-refractivity contribution in [1.29, 1.82) is 0 Å². The van der Waals surface area contributed by atoms with E-state index in [1.165, 1.54) is 0 Å². The number of carbonyl (C=O) groups is 3. The second-order valence-corrected chi connectivity index (χ2v) is 9.31. The van der Waals surface area contributed by atoms with E-state index in [-0.39, 0.29) is 35.8 Å². The van der Waals surface area contributed by atoms with Crippen LogP contribution in [0.25, 0.3) is 0 Å². The highest BCUT2D eigenvalue weighted by atomic mass is 16.5. The Hall–Kier alpha value is -2.57. The number of amides is 3. The van der Waals surface area contributed by atoms with E-state index in [9.17, 15) is 14.4 Å². The summed E-state index contributed by atoms with van der Waals surface area (Å²) in [5.74, 6) is 0.750. The van der Waals surface area contributed by atoms with Crippen LogP contribution in [0.1, 0.15) is 87.9 Å². The third-order valence-electron chi connectivity index (χ3n) is 6.88. The standard InChI is InChI=1S/C26H39N3O4/c1-3-4-5-6-9-24(30)29-18-7-8-23(29)26(32)28-21-14-12-20(13-15-21)27-25(31)19-10-16-22(33-2)17-11-19/h10-11,16-17,20-21,23H,3-9,12-15,18H2,1-2H3,(H,27,31)(H,28,32)/t20?,21?,23-/m0/s1. The Labute approximate surface area is 197 Å². The van der Waals surface area contributed by atoms with Gasteiger partial charge in [0, 0.05) is 30.6 Å². The Bertz CT molecular complexity index is 787. The van der Waals surface area contributed by atoms with Crippen LogP contribution < -0.4 is 15.4 Å². The maximum absolute atomic E-state index is 12.9. The van der Waals surface area contributed by atoms with Crippen molar-refractivity contribution in [3.8, 4) is 5.75 Å². The van der Waals surface area contributed by atoms with Crippen LogP contribution in [0.4, 0.5) is 0 Å². The molecule has 0 bridgehead atoms. The number of nitrogens with zero attached hydrogens (tertiary/aromatic N) is 1. The molecule has 1 aliphatic heterocycles. The highest BCUT2D eigenvalue weighted by Gasteiger charge is 2.35. The van der Waals surface area contributed by atoms with Gasteiger partial charge in [-0.2, -0.15) is 0 Å². The summed E-state index contributed by atoms with van der Waals surface area (Å²) >= 11 is 0. The van der Waals surface area contributed by atoms with Crippen LogP contribution in [0.3, 0.4) is 0 Å². The summed E-state index contributed by atoms with van der Waals surface area (Å²) in [6.45, 7) is 2.85. The van der Waals surface area contributed by atoms with E-state index in [0.717, 1.165) is 70.0 Å². The lowest BCUT2D eigenvalue weighted by Crippen LogP contribution is -2.50. The molecule has 7 nitrogen and oxygen atoms in total. The first-order valence-electron chi connectivity index (χ1n) is 12.6. The Balaban J connectivity index is 1.41. The zero-order valence-electron chi connectivity index (χ0n) is 20.1. The average molecular weight is 458 g/mol. The topological polar surface area (TPSA) is 87.7 Å². The molecule has 0 radical (unpaired) electrons. The van der Waals surface area contributed by atoms with Gasteiger partial charge in [-0.05, 0) is 69.2 Å². The van der Waals surface area contributed by atoms with Crippen molar-refractivity contribution in [1.82, 2.24) is 15.5 Å². The molecule has 33 heavy (non-hydrogen) atoms. The van der Waals surface area contributed by atoms with E-state index in [1.54, 1.807) is 36.3 Å². The van der Waals surface area contributed by atoms with Gasteiger partial charge in [-0.1, -0.05) is 26.2 Å². The Morgan fingerprint density at radius 3 is 2.24 bits per heavy atom. The first-order valence-corrected chi connectivity index (χ1v) is 12.6. The quantitative estimate of drug-likeness (QED) is 0.523. The second kappa shape index (κ2) is 12.6. The highest BCUT2D eigenvalue weighted by Crippen LogP contribution is 2.23. The van der Waals surface area contributed by atoms with E-state index < -0.39 is 0 Å². The number of unbranched alkanes of at least 4 members (excludes halogenated alkanes) is 3. The van der Waals surface area contributed by atoms with Crippen molar-refractivity contribution in [2.24, 2.45) is 0 Å². The van der Waals surface area contributed by atoms with Crippen LogP contribution in [-0.2, 0) is 9.59 Å². The largest absolute Gasteiger partial charge is 0.497 e. The number of methoxy groups -OCH3 is 1. The number of hydrogen-bond donors (Lipinski definition) is 2. The van der Waals surface area contributed by atoms with Crippen LogP contribution >= 0.6 is 0 Å². The summed E-state index contributed by atoms with van der Waals surface area (Å²) in [5.41, 5.74) is 0.618. The molecule has 2 fully saturated rings. The van der Waals surface area contributed by atoms with Gasteiger partial charge >= 0.3 is 0 Å². The van der Waals surface area contributed by atoms with E-state index >= 15 is 0 Å². The fourth-order valence-corrected chi connectivity index (χ4v) is 4.87. The number of ether oxygens (including phenoxy) is 1. The molecule has 2 N–H and O–H groups in total. The molecule has 7 heteroatoms. The van der Waals surface area contributed by atoms with Gasteiger partial charge in [0.15, 0.2) is 0 Å². The summed E-state index contributed by atoms with van der Waals surface area (Å²) in [6, 6.07) is 6.98. The molecule has 3 rings (SSSR count). The predicted molar refractivity (Wildman–Crippen MR) is 128 cm³/mol. The molecule has 1 aromatic rings.